The van der Waals surface area contributed by atoms with Crippen LogP contribution in [0.4, 0.5) is 0 Å². The third-order valence-electron chi connectivity index (χ3n) is 4.72. The molecule has 3 heterocycles. The Morgan fingerprint density at radius 2 is 2.17 bits per heavy atom. The van der Waals surface area contributed by atoms with Crippen molar-refractivity contribution in [2.45, 2.75) is 38.6 Å². The van der Waals surface area contributed by atoms with Crippen molar-refractivity contribution in [3.8, 4) is 0 Å². The maximum absolute atomic E-state index is 12.5. The van der Waals surface area contributed by atoms with Crippen molar-refractivity contribution in [3.05, 3.63) is 18.2 Å². The van der Waals surface area contributed by atoms with Gasteiger partial charge in [-0.05, 0) is 19.3 Å². The Morgan fingerprint density at radius 3 is 2.87 bits per heavy atom. The lowest BCUT2D eigenvalue weighted by Crippen LogP contribution is -2.46. The molecule has 0 spiro atoms. The topological polar surface area (TPSA) is 75.5 Å². The summed E-state index contributed by atoms with van der Waals surface area (Å²) >= 11 is 0. The Morgan fingerprint density at radius 1 is 1.35 bits per heavy atom. The molecule has 0 aromatic carbocycles. The molecule has 2 saturated heterocycles. The lowest BCUT2D eigenvalue weighted by Gasteiger charge is -2.34. The molecular weight excluding hydrogens is 316 g/mol. The van der Waals surface area contributed by atoms with Gasteiger partial charge in [-0.1, -0.05) is 6.92 Å². The average Bonchev–Trinajstić information content (AvgIpc) is 3.14. The third kappa shape index (κ3) is 3.42. The summed E-state index contributed by atoms with van der Waals surface area (Å²) in [6.07, 6.45) is 7.22. The van der Waals surface area contributed by atoms with Gasteiger partial charge >= 0.3 is 0 Å². The third-order valence-corrected chi connectivity index (χ3v) is 6.63. The van der Waals surface area contributed by atoms with Crippen LogP contribution in [-0.2, 0) is 21.2 Å². The molecule has 23 heavy (non-hydrogen) atoms. The first-order chi connectivity index (χ1) is 11.0. The van der Waals surface area contributed by atoms with Crippen LogP contribution in [0.3, 0.4) is 0 Å². The zero-order valence-corrected chi connectivity index (χ0v) is 14.3. The first-order valence-electron chi connectivity index (χ1n) is 8.28. The molecule has 1 aromatic rings. The van der Waals surface area contributed by atoms with E-state index in [2.05, 4.69) is 16.5 Å². The number of hydrogen-bond donors (Lipinski definition) is 0. The highest BCUT2D eigenvalue weighted by Crippen LogP contribution is 2.23. The minimum Gasteiger partial charge on any atom is -0.339 e. The van der Waals surface area contributed by atoms with Crippen LogP contribution in [0.1, 0.15) is 38.1 Å². The summed E-state index contributed by atoms with van der Waals surface area (Å²) in [5.74, 6) is 1.11. The van der Waals surface area contributed by atoms with Gasteiger partial charge in [0, 0.05) is 38.4 Å². The number of nitrogens with zero attached hydrogens (tertiary/aromatic N) is 4. The van der Waals surface area contributed by atoms with Crippen LogP contribution < -0.4 is 0 Å². The fourth-order valence-electron chi connectivity index (χ4n) is 3.48. The van der Waals surface area contributed by atoms with E-state index in [0.29, 0.717) is 26.1 Å². The highest BCUT2D eigenvalue weighted by Gasteiger charge is 2.33. The van der Waals surface area contributed by atoms with Crippen LogP contribution in [0, 0.1) is 0 Å². The number of piperidine rings is 1. The maximum atomic E-state index is 12.5. The fourth-order valence-corrected chi connectivity index (χ4v) is 4.94. The molecule has 128 valence electrons. The Hall–Kier alpha value is -1.41. The second-order valence-electron chi connectivity index (χ2n) is 6.24. The molecule has 8 heteroatoms. The minimum atomic E-state index is -3.22. The van der Waals surface area contributed by atoms with E-state index >= 15 is 0 Å². The minimum absolute atomic E-state index is 0.0143. The van der Waals surface area contributed by atoms with E-state index in [9.17, 15) is 13.2 Å². The number of carbonyl (C=O) groups is 1. The van der Waals surface area contributed by atoms with E-state index < -0.39 is 10.0 Å². The van der Waals surface area contributed by atoms with Crippen LogP contribution in [0.5, 0.6) is 0 Å². The van der Waals surface area contributed by atoms with E-state index in [1.54, 1.807) is 11.1 Å². The van der Waals surface area contributed by atoms with Gasteiger partial charge in [-0.2, -0.15) is 4.31 Å². The summed E-state index contributed by atoms with van der Waals surface area (Å²) in [5.41, 5.74) is 0. The quantitative estimate of drug-likeness (QED) is 0.806. The van der Waals surface area contributed by atoms with Gasteiger partial charge in [0.15, 0.2) is 0 Å². The van der Waals surface area contributed by atoms with Gasteiger partial charge in [0.05, 0.1) is 18.3 Å². The molecule has 2 fully saturated rings. The largest absolute Gasteiger partial charge is 0.339 e. The van der Waals surface area contributed by atoms with Gasteiger partial charge in [-0.25, -0.2) is 13.4 Å². The van der Waals surface area contributed by atoms with E-state index in [4.69, 9.17) is 0 Å². The normalized spacial score (nSPS) is 24.9. The van der Waals surface area contributed by atoms with E-state index in [0.717, 1.165) is 25.1 Å². The zero-order valence-electron chi connectivity index (χ0n) is 13.5. The van der Waals surface area contributed by atoms with Gasteiger partial charge in [-0.3, -0.25) is 4.79 Å². The molecule has 1 aromatic heterocycles. The number of likely N-dealkylation sites (tertiary alicyclic amines) is 1. The zero-order chi connectivity index (χ0) is 16.4. The predicted octanol–water partition coefficient (Wildman–Crippen LogP) is 0.645. The molecule has 7 nitrogen and oxygen atoms in total. The summed E-state index contributed by atoms with van der Waals surface area (Å²) in [6, 6.07) is 0.236. The molecule has 3 rings (SSSR count). The molecule has 0 bridgehead atoms. The number of imidazole rings is 1. The number of aryl methyl sites for hydroxylation is 1. The van der Waals surface area contributed by atoms with Crippen molar-refractivity contribution in [2.75, 3.05) is 31.9 Å². The van der Waals surface area contributed by atoms with Crippen molar-refractivity contribution in [1.82, 2.24) is 18.8 Å². The Labute approximate surface area is 137 Å². The van der Waals surface area contributed by atoms with Crippen LogP contribution in [0.2, 0.25) is 0 Å². The van der Waals surface area contributed by atoms with Gasteiger partial charge in [-0.15, -0.1) is 0 Å². The summed E-state index contributed by atoms with van der Waals surface area (Å²) in [5, 5.41) is 0. The van der Waals surface area contributed by atoms with Crippen LogP contribution >= 0.6 is 0 Å². The summed E-state index contributed by atoms with van der Waals surface area (Å²) < 4.78 is 27.2. The van der Waals surface area contributed by atoms with Gasteiger partial charge in [0.25, 0.3) is 0 Å². The maximum Gasteiger partial charge on any atom is 0.237 e. The van der Waals surface area contributed by atoms with E-state index in [-0.39, 0.29) is 24.2 Å². The Balaban J connectivity index is 1.65. The highest BCUT2D eigenvalue weighted by molar-refractivity contribution is 7.89. The van der Waals surface area contributed by atoms with Crippen LogP contribution in [-0.4, -0.2) is 65.0 Å². The van der Waals surface area contributed by atoms with Crippen molar-refractivity contribution in [1.29, 1.82) is 0 Å². The number of aromatic nitrogens is 2. The van der Waals surface area contributed by atoms with Crippen molar-refractivity contribution < 1.29 is 13.2 Å². The summed E-state index contributed by atoms with van der Waals surface area (Å²) in [7, 11) is -3.22. The van der Waals surface area contributed by atoms with Gasteiger partial charge < -0.3 is 9.47 Å². The Kier molecular flexibility index (Phi) is 4.72. The molecule has 2 aliphatic rings. The summed E-state index contributed by atoms with van der Waals surface area (Å²) in [6.45, 7) is 3.87. The van der Waals surface area contributed by atoms with E-state index in [1.807, 2.05) is 6.20 Å². The second-order valence-corrected chi connectivity index (χ2v) is 8.33. The molecular formula is C15H24N4O3S. The van der Waals surface area contributed by atoms with Crippen molar-refractivity contribution in [3.63, 3.8) is 0 Å². The van der Waals surface area contributed by atoms with Crippen LogP contribution in [0.25, 0.3) is 0 Å². The molecule has 0 radical (unpaired) electrons. The first kappa shape index (κ1) is 16.4. The number of carbonyl (C=O) groups excluding carboxylic acids is 1. The molecule has 0 unspecified atom stereocenters. The SMILES string of the molecule is CCc1nccn1[C@H]1CCCN(C(=O)CN2CCCS2(=O)=O)C1. The summed E-state index contributed by atoms with van der Waals surface area (Å²) in [4.78, 5) is 18.7. The molecule has 0 saturated carbocycles. The standard InChI is InChI=1S/C15H24N4O3S/c1-2-14-16-6-9-19(14)13-5-3-7-17(11-13)15(20)12-18-8-4-10-23(18,21)22/h6,9,13H,2-5,7-8,10-12H2,1H3/t13-/m0/s1. The molecule has 1 amide bonds. The van der Waals surface area contributed by atoms with Crippen LogP contribution in [0.15, 0.2) is 12.4 Å². The average molecular weight is 340 g/mol. The molecule has 1 atom stereocenters. The first-order valence-corrected chi connectivity index (χ1v) is 9.89. The number of sulfonamides is 1. The highest BCUT2D eigenvalue weighted by atomic mass is 32.2. The molecule has 2 aliphatic heterocycles. The smallest absolute Gasteiger partial charge is 0.237 e. The second kappa shape index (κ2) is 6.60. The number of rotatable bonds is 4. The van der Waals surface area contributed by atoms with Crippen molar-refractivity contribution in [2.24, 2.45) is 0 Å². The molecule has 0 aliphatic carbocycles. The van der Waals surface area contributed by atoms with Crippen molar-refractivity contribution >= 4 is 15.9 Å². The van der Waals surface area contributed by atoms with E-state index in [1.165, 1.54) is 4.31 Å². The predicted molar refractivity (Wildman–Crippen MR) is 86.4 cm³/mol. The Bertz CT molecular complexity index is 670. The van der Waals surface area contributed by atoms with Gasteiger partial charge in [0.2, 0.25) is 15.9 Å². The fraction of sp³-hybridized carbons (Fsp3) is 0.733. The monoisotopic (exact) mass is 340 g/mol. The lowest BCUT2D eigenvalue weighted by atomic mass is 10.1. The lowest BCUT2D eigenvalue weighted by molar-refractivity contribution is -0.133. The molecule has 0 N–H and O–H groups in total. The van der Waals surface area contributed by atoms with Gasteiger partial charge in [0.1, 0.15) is 5.82 Å². The number of hydrogen-bond acceptors (Lipinski definition) is 4. The number of amides is 1.